The number of nitrogens with zero attached hydrogens (tertiary/aromatic N) is 1. The first-order valence-electron chi connectivity index (χ1n) is 8.83. The number of aryl methyl sites for hydroxylation is 1. The van der Waals surface area contributed by atoms with Crippen LogP contribution in [0.2, 0.25) is 0 Å². The number of rotatable bonds is 2. The van der Waals surface area contributed by atoms with E-state index in [1.807, 2.05) is 24.3 Å². The summed E-state index contributed by atoms with van der Waals surface area (Å²) in [5.74, 6) is 0.699. The third kappa shape index (κ3) is 2.85. The highest BCUT2D eigenvalue weighted by Gasteiger charge is 2.39. The van der Waals surface area contributed by atoms with E-state index in [1.54, 1.807) is 7.05 Å². The molecule has 1 saturated heterocycles. The summed E-state index contributed by atoms with van der Waals surface area (Å²) in [5.41, 5.74) is 0.884. The molecule has 1 amide bonds. The predicted molar refractivity (Wildman–Crippen MR) is 95.5 cm³/mol. The molecule has 1 saturated carbocycles. The second kappa shape index (κ2) is 6.28. The largest absolute Gasteiger partial charge is 0.391 e. The van der Waals surface area contributed by atoms with Crippen LogP contribution in [-0.2, 0) is 7.05 Å². The van der Waals surface area contributed by atoms with E-state index in [-0.39, 0.29) is 17.5 Å². The molecule has 0 radical (unpaired) electrons. The van der Waals surface area contributed by atoms with Crippen LogP contribution in [0.15, 0.2) is 35.1 Å². The zero-order valence-corrected chi connectivity index (χ0v) is 14.2. The topological polar surface area (TPSA) is 83.4 Å². The minimum absolute atomic E-state index is 0.215. The minimum atomic E-state index is -0.539. The molecule has 0 unspecified atom stereocenters. The summed E-state index contributed by atoms with van der Waals surface area (Å²) in [6.45, 7) is 1.89. The molecule has 4 atom stereocenters. The fraction of sp³-hybridized carbons (Fsp3) is 0.474. The van der Waals surface area contributed by atoms with E-state index in [2.05, 4.69) is 10.6 Å². The number of fused-ring (bicyclic) bond motifs is 2. The van der Waals surface area contributed by atoms with Gasteiger partial charge in [0.2, 0.25) is 0 Å². The Kier molecular flexibility index (Phi) is 4.09. The van der Waals surface area contributed by atoms with Gasteiger partial charge in [0.25, 0.3) is 11.5 Å². The van der Waals surface area contributed by atoms with Crippen molar-refractivity contribution in [3.05, 3.63) is 46.2 Å². The van der Waals surface area contributed by atoms with Gasteiger partial charge >= 0.3 is 0 Å². The van der Waals surface area contributed by atoms with Crippen molar-refractivity contribution in [3.8, 4) is 0 Å². The molecule has 3 N–H and O–H groups in total. The Hall–Kier alpha value is -2.18. The number of pyridine rings is 1. The molecule has 2 fully saturated rings. The average molecular weight is 341 g/mol. The molecule has 1 aromatic carbocycles. The standard InChI is InChI=1S/C19H23N3O3/c1-22-16-5-3-2-4-13(16)14(8-18(22)24)19(25)21-15-6-11-9-20-10-12(11)7-17(15)23/h2-5,8,11-12,15,17,20,23H,6-7,9-10H2,1H3,(H,21,25)/t11-,12+,15-,17-/m0/s1. The molecule has 25 heavy (non-hydrogen) atoms. The highest BCUT2D eigenvalue weighted by molar-refractivity contribution is 6.06. The Morgan fingerprint density at radius 3 is 2.76 bits per heavy atom. The van der Waals surface area contributed by atoms with Crippen molar-refractivity contribution in [1.29, 1.82) is 0 Å². The Labute approximate surface area is 145 Å². The SMILES string of the molecule is Cn1c(=O)cc(C(=O)N[C@H]2C[C@H]3CNC[C@H]3C[C@@H]2O)c2ccccc21. The first-order chi connectivity index (χ1) is 12.0. The lowest BCUT2D eigenvalue weighted by molar-refractivity contribution is 0.0462. The Bertz CT molecular complexity index is 876. The van der Waals surface area contributed by atoms with Crippen LogP contribution in [-0.4, -0.2) is 40.8 Å². The second-order valence-electron chi connectivity index (χ2n) is 7.27. The van der Waals surface area contributed by atoms with Gasteiger partial charge in [-0.15, -0.1) is 0 Å². The first kappa shape index (κ1) is 16.3. The molecule has 0 spiro atoms. The Balaban J connectivity index is 1.62. The van der Waals surface area contributed by atoms with Gasteiger partial charge < -0.3 is 20.3 Å². The fourth-order valence-electron chi connectivity index (χ4n) is 4.30. The predicted octanol–water partition coefficient (Wildman–Crippen LogP) is 0.627. The van der Waals surface area contributed by atoms with E-state index in [9.17, 15) is 14.7 Å². The molecule has 0 bridgehead atoms. The first-order valence-corrected chi connectivity index (χ1v) is 8.83. The number of hydrogen-bond donors (Lipinski definition) is 3. The van der Waals surface area contributed by atoms with E-state index in [1.165, 1.54) is 10.6 Å². The van der Waals surface area contributed by atoms with Gasteiger partial charge in [0.05, 0.1) is 23.2 Å². The molecule has 1 aliphatic heterocycles. The fourth-order valence-corrected chi connectivity index (χ4v) is 4.30. The van der Waals surface area contributed by atoms with Crippen LogP contribution in [0.3, 0.4) is 0 Å². The molecule has 1 aliphatic carbocycles. The third-order valence-corrected chi connectivity index (χ3v) is 5.76. The van der Waals surface area contributed by atoms with E-state index < -0.39 is 6.10 Å². The van der Waals surface area contributed by atoms with Crippen molar-refractivity contribution in [2.24, 2.45) is 18.9 Å². The van der Waals surface area contributed by atoms with Crippen LogP contribution in [0, 0.1) is 11.8 Å². The number of aliphatic hydroxyl groups excluding tert-OH is 1. The van der Waals surface area contributed by atoms with Crippen molar-refractivity contribution in [2.75, 3.05) is 13.1 Å². The number of amides is 1. The second-order valence-corrected chi connectivity index (χ2v) is 7.27. The van der Waals surface area contributed by atoms with Crippen LogP contribution < -0.4 is 16.2 Å². The highest BCUT2D eigenvalue weighted by atomic mass is 16.3. The van der Waals surface area contributed by atoms with Crippen LogP contribution in [0.1, 0.15) is 23.2 Å². The lowest BCUT2D eigenvalue weighted by Gasteiger charge is -2.35. The maximum absolute atomic E-state index is 12.8. The van der Waals surface area contributed by atoms with E-state index in [0.717, 1.165) is 30.4 Å². The summed E-state index contributed by atoms with van der Waals surface area (Å²) in [7, 11) is 1.70. The number of carbonyl (C=O) groups excluding carboxylic acids is 1. The van der Waals surface area contributed by atoms with Crippen LogP contribution in [0.4, 0.5) is 0 Å². The molecular formula is C19H23N3O3. The van der Waals surface area contributed by atoms with Gasteiger partial charge in [-0.3, -0.25) is 9.59 Å². The van der Waals surface area contributed by atoms with Crippen LogP contribution in [0.25, 0.3) is 10.9 Å². The van der Waals surface area contributed by atoms with Gasteiger partial charge in [-0.25, -0.2) is 0 Å². The number of aromatic nitrogens is 1. The van der Waals surface area contributed by atoms with Gasteiger partial charge in [0.1, 0.15) is 0 Å². The molecule has 4 rings (SSSR count). The summed E-state index contributed by atoms with van der Waals surface area (Å²) in [4.78, 5) is 25.0. The summed E-state index contributed by atoms with van der Waals surface area (Å²) in [5, 5.41) is 17.5. The lowest BCUT2D eigenvalue weighted by atomic mass is 9.77. The number of hydrogen-bond acceptors (Lipinski definition) is 4. The van der Waals surface area contributed by atoms with Crippen molar-refractivity contribution in [3.63, 3.8) is 0 Å². The highest BCUT2D eigenvalue weighted by Crippen LogP contribution is 2.33. The zero-order chi connectivity index (χ0) is 17.6. The van der Waals surface area contributed by atoms with Crippen LogP contribution in [0.5, 0.6) is 0 Å². The molecule has 6 nitrogen and oxygen atoms in total. The summed E-state index contributed by atoms with van der Waals surface area (Å²) in [6.07, 6.45) is 0.940. The number of benzene rings is 1. The normalized spacial score (nSPS) is 28.7. The molecule has 2 aromatic rings. The third-order valence-electron chi connectivity index (χ3n) is 5.76. The quantitative estimate of drug-likeness (QED) is 0.748. The maximum atomic E-state index is 12.8. The smallest absolute Gasteiger partial charge is 0.252 e. The number of nitrogens with one attached hydrogen (secondary N) is 2. The summed E-state index contributed by atoms with van der Waals surface area (Å²) in [6, 6.07) is 8.49. The van der Waals surface area contributed by atoms with Crippen molar-refractivity contribution >= 4 is 16.8 Å². The van der Waals surface area contributed by atoms with E-state index in [4.69, 9.17) is 0 Å². The van der Waals surface area contributed by atoms with E-state index >= 15 is 0 Å². The monoisotopic (exact) mass is 341 g/mol. The maximum Gasteiger partial charge on any atom is 0.252 e. The number of para-hydroxylation sites is 1. The molecule has 1 aromatic heterocycles. The van der Waals surface area contributed by atoms with Gasteiger partial charge in [0, 0.05) is 18.5 Å². The van der Waals surface area contributed by atoms with Gasteiger partial charge in [-0.2, -0.15) is 0 Å². The summed E-state index contributed by atoms with van der Waals surface area (Å²) < 4.78 is 1.54. The molecular weight excluding hydrogens is 318 g/mol. The summed E-state index contributed by atoms with van der Waals surface area (Å²) >= 11 is 0. The minimum Gasteiger partial charge on any atom is -0.391 e. The Morgan fingerprint density at radius 2 is 1.96 bits per heavy atom. The van der Waals surface area contributed by atoms with Crippen LogP contribution >= 0.6 is 0 Å². The Morgan fingerprint density at radius 1 is 1.24 bits per heavy atom. The van der Waals surface area contributed by atoms with E-state index in [0.29, 0.717) is 23.8 Å². The number of carbonyl (C=O) groups is 1. The molecule has 2 aliphatic rings. The van der Waals surface area contributed by atoms with Crippen molar-refractivity contribution in [1.82, 2.24) is 15.2 Å². The number of aliphatic hydroxyl groups is 1. The van der Waals surface area contributed by atoms with Gasteiger partial charge in [-0.05, 0) is 43.8 Å². The van der Waals surface area contributed by atoms with Crippen molar-refractivity contribution < 1.29 is 9.90 Å². The zero-order valence-electron chi connectivity index (χ0n) is 14.2. The van der Waals surface area contributed by atoms with Gasteiger partial charge in [0.15, 0.2) is 0 Å². The molecule has 132 valence electrons. The average Bonchev–Trinajstić information content (AvgIpc) is 3.05. The lowest BCUT2D eigenvalue weighted by Crippen LogP contribution is -2.49. The molecule has 6 heteroatoms. The van der Waals surface area contributed by atoms with Gasteiger partial charge in [-0.1, -0.05) is 18.2 Å². The van der Waals surface area contributed by atoms with Crippen molar-refractivity contribution in [2.45, 2.75) is 25.0 Å². The molecule has 2 heterocycles.